The van der Waals surface area contributed by atoms with Crippen molar-refractivity contribution >= 4 is 22.9 Å². The van der Waals surface area contributed by atoms with Crippen LogP contribution in [-0.2, 0) is 17.5 Å². The fourth-order valence-electron chi connectivity index (χ4n) is 4.42. The van der Waals surface area contributed by atoms with Gasteiger partial charge in [0.2, 0.25) is 5.91 Å². The summed E-state index contributed by atoms with van der Waals surface area (Å²) in [5.74, 6) is -1.34. The number of primary amides is 1. The summed E-state index contributed by atoms with van der Waals surface area (Å²) in [4.78, 5) is 44.8. The maximum Gasteiger partial charge on any atom is 0.416 e. The third-order valence-electron chi connectivity index (χ3n) is 6.34. The van der Waals surface area contributed by atoms with E-state index in [0.717, 1.165) is 23.8 Å². The number of carbonyl (C=O) groups is 2. The molecule has 1 unspecified atom stereocenters. The van der Waals surface area contributed by atoms with Gasteiger partial charge in [0.1, 0.15) is 11.2 Å². The molecule has 0 saturated carbocycles. The van der Waals surface area contributed by atoms with Gasteiger partial charge in [0, 0.05) is 18.5 Å². The van der Waals surface area contributed by atoms with E-state index in [9.17, 15) is 27.6 Å². The second-order valence-electron chi connectivity index (χ2n) is 9.01. The summed E-state index contributed by atoms with van der Waals surface area (Å²) < 4.78 is 46.8. The Hall–Kier alpha value is -4.48. The highest BCUT2D eigenvalue weighted by Crippen LogP contribution is 2.31. The van der Waals surface area contributed by atoms with Crippen molar-refractivity contribution in [3.05, 3.63) is 93.2 Å². The van der Waals surface area contributed by atoms with Gasteiger partial charge in [-0.3, -0.25) is 19.0 Å². The Balaban J connectivity index is 1.88. The lowest BCUT2D eigenvalue weighted by atomic mass is 10.1. The molecular formula is C27H26F3N5O4. The van der Waals surface area contributed by atoms with Crippen LogP contribution in [-0.4, -0.2) is 38.0 Å². The summed E-state index contributed by atoms with van der Waals surface area (Å²) >= 11 is 0. The Morgan fingerprint density at radius 1 is 1.13 bits per heavy atom. The minimum absolute atomic E-state index is 0.0309. The molecule has 0 aliphatic carbocycles. The van der Waals surface area contributed by atoms with Gasteiger partial charge >= 0.3 is 6.18 Å². The first-order valence-corrected chi connectivity index (χ1v) is 12.2. The number of hydrogen-bond donors (Lipinski definition) is 1. The molecule has 12 heteroatoms. The molecule has 0 aliphatic heterocycles. The maximum atomic E-state index is 13.7. The molecule has 2 heterocycles. The topological polar surface area (TPSA) is 124 Å². The van der Waals surface area contributed by atoms with E-state index in [4.69, 9.17) is 10.3 Å². The van der Waals surface area contributed by atoms with Crippen molar-refractivity contribution in [2.45, 2.75) is 45.5 Å². The maximum absolute atomic E-state index is 13.7. The first-order valence-electron chi connectivity index (χ1n) is 12.2. The van der Waals surface area contributed by atoms with Gasteiger partial charge in [-0.05, 0) is 37.1 Å². The number of nitrogens with zero attached hydrogens (tertiary/aromatic N) is 4. The summed E-state index contributed by atoms with van der Waals surface area (Å²) in [7, 11) is 0. The molecular weight excluding hydrogens is 515 g/mol. The van der Waals surface area contributed by atoms with Gasteiger partial charge in [-0.1, -0.05) is 48.5 Å². The summed E-state index contributed by atoms with van der Waals surface area (Å²) in [6, 6.07) is 12.2. The Morgan fingerprint density at radius 3 is 2.49 bits per heavy atom. The molecule has 2 amide bonds. The van der Waals surface area contributed by atoms with Crippen LogP contribution >= 0.6 is 0 Å². The van der Waals surface area contributed by atoms with Crippen LogP contribution in [0.4, 0.5) is 13.2 Å². The number of alkyl halides is 3. The summed E-state index contributed by atoms with van der Waals surface area (Å²) in [5.41, 5.74) is 4.77. The molecule has 0 spiro atoms. The number of rotatable bonds is 9. The number of aromatic nitrogens is 3. The number of amides is 2. The molecule has 4 rings (SSSR count). The van der Waals surface area contributed by atoms with E-state index in [1.54, 1.807) is 13.8 Å². The highest BCUT2D eigenvalue weighted by Gasteiger charge is 2.34. The minimum atomic E-state index is -4.66. The van der Waals surface area contributed by atoms with Crippen LogP contribution in [0.5, 0.6) is 0 Å². The van der Waals surface area contributed by atoms with Crippen molar-refractivity contribution in [2.24, 2.45) is 5.73 Å². The standard InChI is InChI=1S/C27H26F3N5O4/c1-3-20(34(13-12-21(31)36)25(37)18-10-7-11-19(14-18)27(28,29)30)23-32-24-22(16(2)33-39-24)26(38)35(23)15-17-8-5-4-6-9-17/h4-11,14,20H,3,12-13,15H2,1-2H3,(H2,31,36). The van der Waals surface area contributed by atoms with Crippen LogP contribution < -0.4 is 11.3 Å². The van der Waals surface area contributed by atoms with Crippen LogP contribution in [0.3, 0.4) is 0 Å². The third-order valence-corrected chi connectivity index (χ3v) is 6.34. The average molecular weight is 542 g/mol. The number of nitrogens with two attached hydrogens (primary N) is 1. The zero-order valence-corrected chi connectivity index (χ0v) is 21.2. The molecule has 2 aromatic heterocycles. The summed E-state index contributed by atoms with van der Waals surface area (Å²) in [6.45, 7) is 3.23. The number of aryl methyl sites for hydroxylation is 1. The number of benzene rings is 2. The summed E-state index contributed by atoms with van der Waals surface area (Å²) in [6.07, 6.45) is -4.71. The van der Waals surface area contributed by atoms with E-state index < -0.39 is 35.2 Å². The Morgan fingerprint density at radius 2 is 1.85 bits per heavy atom. The number of fused-ring (bicyclic) bond motifs is 1. The lowest BCUT2D eigenvalue weighted by Crippen LogP contribution is -2.40. The molecule has 0 aliphatic rings. The van der Waals surface area contributed by atoms with Crippen LogP contribution in [0.2, 0.25) is 0 Å². The number of carbonyl (C=O) groups excluding carboxylic acids is 2. The van der Waals surface area contributed by atoms with Crippen molar-refractivity contribution < 1.29 is 27.3 Å². The molecule has 0 fully saturated rings. The van der Waals surface area contributed by atoms with Gasteiger partial charge < -0.3 is 15.2 Å². The molecule has 2 N–H and O–H groups in total. The monoisotopic (exact) mass is 541 g/mol. The molecule has 0 radical (unpaired) electrons. The lowest BCUT2D eigenvalue weighted by Gasteiger charge is -2.32. The van der Waals surface area contributed by atoms with E-state index in [1.165, 1.54) is 15.5 Å². The van der Waals surface area contributed by atoms with Gasteiger partial charge in [0.25, 0.3) is 17.2 Å². The molecule has 1 atom stereocenters. The highest BCUT2D eigenvalue weighted by atomic mass is 19.4. The molecule has 39 heavy (non-hydrogen) atoms. The highest BCUT2D eigenvalue weighted by molar-refractivity contribution is 5.95. The molecule has 9 nitrogen and oxygen atoms in total. The van der Waals surface area contributed by atoms with Crippen molar-refractivity contribution in [2.75, 3.05) is 6.54 Å². The van der Waals surface area contributed by atoms with E-state index in [-0.39, 0.29) is 48.4 Å². The zero-order chi connectivity index (χ0) is 28.3. The smallest absolute Gasteiger partial charge is 0.370 e. The normalized spacial score (nSPS) is 12.4. The fraction of sp³-hybridized carbons (Fsp3) is 0.296. The van der Waals surface area contributed by atoms with Gasteiger partial charge in [0.05, 0.1) is 23.8 Å². The van der Waals surface area contributed by atoms with Gasteiger partial charge in [-0.15, -0.1) is 0 Å². The van der Waals surface area contributed by atoms with Crippen LogP contribution in [0, 0.1) is 6.92 Å². The second-order valence-corrected chi connectivity index (χ2v) is 9.01. The third kappa shape index (κ3) is 5.84. The fourth-order valence-corrected chi connectivity index (χ4v) is 4.42. The molecule has 4 aromatic rings. The Labute approximate surface area is 221 Å². The Bertz CT molecular complexity index is 1560. The van der Waals surface area contributed by atoms with Crippen LogP contribution in [0.15, 0.2) is 63.9 Å². The number of hydrogen-bond acceptors (Lipinski definition) is 6. The zero-order valence-electron chi connectivity index (χ0n) is 21.2. The van der Waals surface area contributed by atoms with Crippen LogP contribution in [0.1, 0.15) is 58.8 Å². The molecule has 0 bridgehead atoms. The van der Waals surface area contributed by atoms with Gasteiger partial charge in [-0.25, -0.2) is 0 Å². The largest absolute Gasteiger partial charge is 0.416 e. The predicted molar refractivity (Wildman–Crippen MR) is 136 cm³/mol. The van der Waals surface area contributed by atoms with Crippen molar-refractivity contribution in [3.8, 4) is 0 Å². The minimum Gasteiger partial charge on any atom is -0.370 e. The van der Waals surface area contributed by atoms with Crippen molar-refractivity contribution in [3.63, 3.8) is 0 Å². The predicted octanol–water partition coefficient (Wildman–Crippen LogP) is 4.23. The molecule has 0 saturated heterocycles. The summed E-state index contributed by atoms with van der Waals surface area (Å²) in [5, 5.41) is 4.03. The van der Waals surface area contributed by atoms with E-state index in [2.05, 4.69) is 10.1 Å². The molecule has 2 aromatic carbocycles. The van der Waals surface area contributed by atoms with Gasteiger partial charge in [0.15, 0.2) is 0 Å². The van der Waals surface area contributed by atoms with E-state index >= 15 is 0 Å². The first kappa shape index (κ1) is 27.6. The SMILES string of the molecule is CCC(c1nc2onc(C)c2c(=O)n1Cc1ccccc1)N(CCC(N)=O)C(=O)c1cccc(C(F)(F)F)c1. The van der Waals surface area contributed by atoms with Gasteiger partial charge in [-0.2, -0.15) is 18.2 Å². The van der Waals surface area contributed by atoms with Crippen molar-refractivity contribution in [1.82, 2.24) is 19.6 Å². The second kappa shape index (κ2) is 11.1. The molecule has 204 valence electrons. The average Bonchev–Trinajstić information content (AvgIpc) is 3.28. The Kier molecular flexibility index (Phi) is 7.84. The number of halogens is 3. The van der Waals surface area contributed by atoms with E-state index in [0.29, 0.717) is 5.69 Å². The lowest BCUT2D eigenvalue weighted by molar-refractivity contribution is -0.137. The quantitative estimate of drug-likeness (QED) is 0.338. The van der Waals surface area contributed by atoms with Crippen molar-refractivity contribution in [1.29, 1.82) is 0 Å². The first-order chi connectivity index (χ1) is 18.5. The van der Waals surface area contributed by atoms with Crippen LogP contribution in [0.25, 0.3) is 11.1 Å². The van der Waals surface area contributed by atoms with E-state index in [1.807, 2.05) is 30.3 Å².